The van der Waals surface area contributed by atoms with E-state index in [1.165, 1.54) is 0 Å². The molecule has 0 aliphatic heterocycles. The van der Waals surface area contributed by atoms with Crippen LogP contribution in [0.2, 0.25) is 0 Å². The minimum atomic E-state index is 0.0547. The molecule has 2 aromatic heterocycles. The van der Waals surface area contributed by atoms with Crippen molar-refractivity contribution < 1.29 is 0 Å². The number of aromatic nitrogens is 3. The molecule has 2 heterocycles. The van der Waals surface area contributed by atoms with Crippen molar-refractivity contribution in [2.75, 3.05) is 11.9 Å². The molecule has 0 radical (unpaired) electrons. The van der Waals surface area contributed by atoms with Crippen LogP contribution in [0, 0.1) is 0 Å². The molecule has 5 heteroatoms. The van der Waals surface area contributed by atoms with E-state index in [1.807, 2.05) is 36.5 Å². The first-order chi connectivity index (χ1) is 9.36. The average molecular weight is 253 g/mol. The molecule has 3 N–H and O–H groups in total. The number of rotatable bonds is 4. The van der Waals surface area contributed by atoms with E-state index in [-0.39, 0.29) is 6.04 Å². The van der Waals surface area contributed by atoms with Crippen LogP contribution in [0.3, 0.4) is 0 Å². The van der Waals surface area contributed by atoms with Crippen molar-refractivity contribution in [3.05, 3.63) is 60.4 Å². The number of nitrogens with two attached hydrogens (primary N) is 1. The van der Waals surface area contributed by atoms with Gasteiger partial charge in [-0.15, -0.1) is 0 Å². The van der Waals surface area contributed by atoms with Crippen molar-refractivity contribution >= 4 is 11.5 Å². The van der Waals surface area contributed by atoms with E-state index in [0.29, 0.717) is 6.54 Å². The van der Waals surface area contributed by atoms with Crippen molar-refractivity contribution in [1.82, 2.24) is 14.6 Å². The summed E-state index contributed by atoms with van der Waals surface area (Å²) in [5, 5.41) is 7.47. The fourth-order valence-electron chi connectivity index (χ4n) is 2.04. The van der Waals surface area contributed by atoms with E-state index in [4.69, 9.17) is 5.73 Å². The molecule has 0 saturated heterocycles. The summed E-state index contributed by atoms with van der Waals surface area (Å²) >= 11 is 0. The van der Waals surface area contributed by atoms with Gasteiger partial charge in [-0.05, 0) is 11.6 Å². The SMILES string of the molecule is NCC(Nc1ccn2nccc2n1)c1ccccc1. The standard InChI is InChI=1S/C14H15N5/c15-10-12(11-4-2-1-3-5-11)17-13-7-9-19-14(18-13)6-8-16-19/h1-9,12H,10,15H2,(H,17,18). The summed E-state index contributed by atoms with van der Waals surface area (Å²) in [5.41, 5.74) is 7.80. The molecule has 0 amide bonds. The number of nitrogens with one attached hydrogen (secondary N) is 1. The lowest BCUT2D eigenvalue weighted by Crippen LogP contribution is -2.21. The second kappa shape index (κ2) is 5.07. The first-order valence-electron chi connectivity index (χ1n) is 6.19. The average Bonchev–Trinajstić information content (AvgIpc) is 2.93. The van der Waals surface area contributed by atoms with Crippen LogP contribution in [-0.4, -0.2) is 21.1 Å². The molecular formula is C14H15N5. The predicted molar refractivity (Wildman–Crippen MR) is 74.8 cm³/mol. The molecule has 3 aromatic rings. The van der Waals surface area contributed by atoms with Gasteiger partial charge >= 0.3 is 0 Å². The smallest absolute Gasteiger partial charge is 0.157 e. The van der Waals surface area contributed by atoms with Gasteiger partial charge in [0.05, 0.1) is 12.2 Å². The van der Waals surface area contributed by atoms with Crippen LogP contribution in [0.15, 0.2) is 54.9 Å². The lowest BCUT2D eigenvalue weighted by molar-refractivity contribution is 0.783. The third-order valence-electron chi connectivity index (χ3n) is 3.02. The van der Waals surface area contributed by atoms with Gasteiger partial charge in [-0.1, -0.05) is 30.3 Å². The Morgan fingerprint density at radius 3 is 2.79 bits per heavy atom. The lowest BCUT2D eigenvalue weighted by Gasteiger charge is -2.17. The molecule has 1 aromatic carbocycles. The molecule has 0 fully saturated rings. The summed E-state index contributed by atoms with van der Waals surface area (Å²) in [7, 11) is 0. The summed E-state index contributed by atoms with van der Waals surface area (Å²) in [6, 6.07) is 13.9. The van der Waals surface area contributed by atoms with E-state index < -0.39 is 0 Å². The third kappa shape index (κ3) is 2.41. The van der Waals surface area contributed by atoms with Crippen LogP contribution in [-0.2, 0) is 0 Å². The first kappa shape index (κ1) is 11.7. The number of hydrogen-bond donors (Lipinski definition) is 2. The molecule has 0 spiro atoms. The maximum absolute atomic E-state index is 5.84. The highest BCUT2D eigenvalue weighted by Gasteiger charge is 2.09. The van der Waals surface area contributed by atoms with Crippen molar-refractivity contribution in [3.63, 3.8) is 0 Å². The van der Waals surface area contributed by atoms with Gasteiger partial charge in [0.2, 0.25) is 0 Å². The minimum absolute atomic E-state index is 0.0547. The Morgan fingerprint density at radius 1 is 1.16 bits per heavy atom. The minimum Gasteiger partial charge on any atom is -0.362 e. The van der Waals surface area contributed by atoms with Gasteiger partial charge in [0.15, 0.2) is 5.65 Å². The van der Waals surface area contributed by atoms with Crippen LogP contribution in [0.1, 0.15) is 11.6 Å². The van der Waals surface area contributed by atoms with Gasteiger partial charge in [0.25, 0.3) is 0 Å². The molecule has 3 rings (SSSR count). The zero-order valence-corrected chi connectivity index (χ0v) is 10.4. The quantitative estimate of drug-likeness (QED) is 0.744. The van der Waals surface area contributed by atoms with Crippen LogP contribution >= 0.6 is 0 Å². The fraction of sp³-hybridized carbons (Fsp3) is 0.143. The molecule has 96 valence electrons. The zero-order chi connectivity index (χ0) is 13.1. The predicted octanol–water partition coefficient (Wildman–Crippen LogP) is 1.84. The lowest BCUT2D eigenvalue weighted by atomic mass is 10.1. The Hall–Kier alpha value is -2.40. The largest absolute Gasteiger partial charge is 0.362 e. The number of benzene rings is 1. The first-order valence-corrected chi connectivity index (χ1v) is 6.19. The summed E-state index contributed by atoms with van der Waals surface area (Å²) in [6.07, 6.45) is 3.60. The molecule has 0 aliphatic rings. The van der Waals surface area contributed by atoms with Crippen molar-refractivity contribution in [2.24, 2.45) is 5.73 Å². The fourth-order valence-corrected chi connectivity index (χ4v) is 2.04. The molecule has 19 heavy (non-hydrogen) atoms. The van der Waals surface area contributed by atoms with Crippen molar-refractivity contribution in [2.45, 2.75) is 6.04 Å². The molecule has 1 atom stereocenters. The number of anilines is 1. The van der Waals surface area contributed by atoms with E-state index in [9.17, 15) is 0 Å². The van der Waals surface area contributed by atoms with Crippen LogP contribution in [0.25, 0.3) is 5.65 Å². The van der Waals surface area contributed by atoms with Gasteiger partial charge in [0.1, 0.15) is 5.82 Å². The van der Waals surface area contributed by atoms with Crippen LogP contribution in [0.5, 0.6) is 0 Å². The van der Waals surface area contributed by atoms with Crippen LogP contribution in [0.4, 0.5) is 5.82 Å². The normalized spacial score (nSPS) is 12.5. The second-order valence-electron chi connectivity index (χ2n) is 4.29. The Labute approximate surface area is 111 Å². The van der Waals surface area contributed by atoms with E-state index in [1.54, 1.807) is 10.7 Å². The second-order valence-corrected chi connectivity index (χ2v) is 4.29. The maximum atomic E-state index is 5.84. The van der Waals surface area contributed by atoms with Gasteiger partial charge in [-0.3, -0.25) is 0 Å². The highest BCUT2D eigenvalue weighted by atomic mass is 15.2. The van der Waals surface area contributed by atoms with E-state index in [2.05, 4.69) is 27.5 Å². The Balaban J connectivity index is 1.86. The molecule has 0 saturated carbocycles. The molecule has 1 unspecified atom stereocenters. The van der Waals surface area contributed by atoms with E-state index in [0.717, 1.165) is 17.0 Å². The molecule has 0 bridgehead atoms. The highest BCUT2D eigenvalue weighted by Crippen LogP contribution is 2.17. The summed E-state index contributed by atoms with van der Waals surface area (Å²) in [5.74, 6) is 0.798. The molecule has 5 nitrogen and oxygen atoms in total. The van der Waals surface area contributed by atoms with E-state index >= 15 is 0 Å². The highest BCUT2D eigenvalue weighted by molar-refractivity contribution is 5.46. The zero-order valence-electron chi connectivity index (χ0n) is 10.4. The number of nitrogens with zero attached hydrogens (tertiary/aromatic N) is 3. The van der Waals surface area contributed by atoms with Gasteiger partial charge < -0.3 is 11.1 Å². The third-order valence-corrected chi connectivity index (χ3v) is 3.02. The topological polar surface area (TPSA) is 68.2 Å². The van der Waals surface area contributed by atoms with Crippen LogP contribution < -0.4 is 11.1 Å². The summed E-state index contributed by atoms with van der Waals surface area (Å²) in [4.78, 5) is 4.48. The van der Waals surface area contributed by atoms with Gasteiger partial charge in [-0.25, -0.2) is 9.50 Å². The summed E-state index contributed by atoms with van der Waals surface area (Å²) < 4.78 is 1.73. The summed E-state index contributed by atoms with van der Waals surface area (Å²) in [6.45, 7) is 0.510. The van der Waals surface area contributed by atoms with Crippen molar-refractivity contribution in [1.29, 1.82) is 0 Å². The Bertz CT molecular complexity index is 662. The maximum Gasteiger partial charge on any atom is 0.157 e. The monoisotopic (exact) mass is 253 g/mol. The molecular weight excluding hydrogens is 238 g/mol. The number of hydrogen-bond acceptors (Lipinski definition) is 4. The molecule has 0 aliphatic carbocycles. The Kier molecular flexibility index (Phi) is 3.12. The van der Waals surface area contributed by atoms with Gasteiger partial charge in [0, 0.05) is 18.8 Å². The number of fused-ring (bicyclic) bond motifs is 1. The van der Waals surface area contributed by atoms with Crippen molar-refractivity contribution in [3.8, 4) is 0 Å². The Morgan fingerprint density at radius 2 is 2.00 bits per heavy atom. The van der Waals surface area contributed by atoms with Gasteiger partial charge in [-0.2, -0.15) is 5.10 Å².